The molecule has 0 saturated heterocycles. The van der Waals surface area contributed by atoms with E-state index in [4.69, 9.17) is 0 Å². The fourth-order valence-corrected chi connectivity index (χ4v) is 16.1. The molecule has 4 aromatic carbocycles. The summed E-state index contributed by atoms with van der Waals surface area (Å²) >= 11 is -2.62. The maximum atomic E-state index is 2.53. The number of benzene rings is 4. The van der Waals surface area contributed by atoms with Gasteiger partial charge in [0.05, 0.1) is 0 Å². The SMILES string of the molecule is CCc1ccc([C](c2ccccc2)=[Zr]([CH]2C=CC=C2)[CH]2c3ccc(C(C)(C)C)cc3-c3cc(C(C)(C)C)ccc32)cc1. The van der Waals surface area contributed by atoms with Crippen LogP contribution in [-0.4, -0.2) is 3.21 Å². The topological polar surface area (TPSA) is 0 Å². The third-order valence-corrected chi connectivity index (χ3v) is 17.8. The Morgan fingerprint density at radius 2 is 1.12 bits per heavy atom. The van der Waals surface area contributed by atoms with Gasteiger partial charge in [0.1, 0.15) is 0 Å². The van der Waals surface area contributed by atoms with Crippen molar-refractivity contribution in [2.24, 2.45) is 0 Å². The van der Waals surface area contributed by atoms with E-state index in [1.165, 1.54) is 38.9 Å². The Kier molecular flexibility index (Phi) is 7.87. The summed E-state index contributed by atoms with van der Waals surface area (Å²) in [6.45, 7) is 16.3. The first kappa shape index (κ1) is 29.2. The number of allylic oxidation sites excluding steroid dienone is 4. The van der Waals surface area contributed by atoms with Gasteiger partial charge in [-0.3, -0.25) is 0 Å². The van der Waals surface area contributed by atoms with Crippen LogP contribution in [0.3, 0.4) is 0 Å². The van der Waals surface area contributed by atoms with Crippen LogP contribution < -0.4 is 0 Å². The molecule has 0 spiro atoms. The van der Waals surface area contributed by atoms with Crippen LogP contribution in [0.25, 0.3) is 11.1 Å². The average molecular weight is 628 g/mol. The molecule has 212 valence electrons. The summed E-state index contributed by atoms with van der Waals surface area (Å²) in [6, 6.07) is 35.7. The number of hydrogen-bond donors (Lipinski definition) is 0. The van der Waals surface area contributed by atoms with Crippen molar-refractivity contribution in [1.29, 1.82) is 0 Å². The minimum absolute atomic E-state index is 0.107. The fourth-order valence-electron chi connectivity index (χ4n) is 6.67. The van der Waals surface area contributed by atoms with Crippen molar-refractivity contribution >= 4 is 3.21 Å². The Morgan fingerprint density at radius 1 is 0.619 bits per heavy atom. The quantitative estimate of drug-likeness (QED) is 0.206. The Balaban J connectivity index is 1.70. The second-order valence-corrected chi connectivity index (χ2v) is 20.6. The maximum absolute atomic E-state index is 2.62. The minimum atomic E-state index is -2.62. The first-order valence-electron chi connectivity index (χ1n) is 15.6. The molecule has 6 rings (SSSR count). The molecular weight excluding hydrogens is 584 g/mol. The molecule has 0 aromatic heterocycles. The molecule has 0 heterocycles. The van der Waals surface area contributed by atoms with E-state index in [9.17, 15) is 0 Å². The van der Waals surface area contributed by atoms with Gasteiger partial charge in [0.15, 0.2) is 0 Å². The number of aryl methyl sites for hydroxylation is 1. The number of hydrogen-bond acceptors (Lipinski definition) is 0. The molecule has 42 heavy (non-hydrogen) atoms. The molecule has 0 amide bonds. The summed E-state index contributed by atoms with van der Waals surface area (Å²) in [4.78, 5) is 0. The monoisotopic (exact) mass is 626 g/mol. The zero-order chi connectivity index (χ0) is 29.6. The summed E-state index contributed by atoms with van der Waals surface area (Å²) in [6.07, 6.45) is 10.6. The summed E-state index contributed by atoms with van der Waals surface area (Å²) in [5.74, 6) is 0. The fraction of sp³-hybridized carbons (Fsp3) is 0.293. The molecule has 0 N–H and O–H groups in total. The molecule has 0 bridgehead atoms. The number of fused-ring (bicyclic) bond motifs is 3. The van der Waals surface area contributed by atoms with Gasteiger partial charge in [0, 0.05) is 0 Å². The second kappa shape index (κ2) is 11.3. The van der Waals surface area contributed by atoms with Crippen molar-refractivity contribution in [3.05, 3.63) is 154 Å². The van der Waals surface area contributed by atoms with Crippen molar-refractivity contribution in [2.45, 2.75) is 73.0 Å². The van der Waals surface area contributed by atoms with Crippen molar-refractivity contribution in [2.75, 3.05) is 0 Å². The van der Waals surface area contributed by atoms with Gasteiger partial charge in [-0.05, 0) is 0 Å². The van der Waals surface area contributed by atoms with E-state index in [1.54, 1.807) is 14.3 Å². The standard InChI is InChI=1S/C21H25.C15H14.C5H5.Zr/c1-20(2,3)16-9-7-14-11-15-8-10-17(21(4,5)6)13-19(15)18(14)12-16;1-2-13-8-10-15(11-9-13)12-14-6-4-3-5-7-14;1-2-4-5-3-1;/h7-13H,1-6H3;3-11H,2H2,1H3;1-5H;. The third kappa shape index (κ3) is 5.46. The van der Waals surface area contributed by atoms with E-state index in [0.717, 1.165) is 6.42 Å². The molecule has 0 unspecified atom stereocenters. The van der Waals surface area contributed by atoms with Gasteiger partial charge in [-0.25, -0.2) is 0 Å². The Bertz CT molecular complexity index is 1620. The predicted molar refractivity (Wildman–Crippen MR) is 179 cm³/mol. The van der Waals surface area contributed by atoms with Crippen molar-refractivity contribution < 1.29 is 21.3 Å². The molecular formula is C41H44Zr. The molecule has 2 aliphatic carbocycles. The molecule has 1 heteroatoms. The Morgan fingerprint density at radius 3 is 1.60 bits per heavy atom. The predicted octanol–water partition coefficient (Wildman–Crippen LogP) is 10.7. The molecule has 4 aromatic rings. The summed E-state index contributed by atoms with van der Waals surface area (Å²) in [7, 11) is 0. The molecule has 0 atom stereocenters. The summed E-state index contributed by atoms with van der Waals surface area (Å²) in [5.41, 5.74) is 13.3. The van der Waals surface area contributed by atoms with E-state index < -0.39 is 21.3 Å². The second-order valence-electron chi connectivity index (χ2n) is 14.1. The van der Waals surface area contributed by atoms with Crippen LogP contribution in [0, 0.1) is 0 Å². The first-order valence-corrected chi connectivity index (χ1v) is 19.7. The Hall–Kier alpha value is -2.89. The van der Waals surface area contributed by atoms with Crippen LogP contribution in [-0.2, 0) is 38.5 Å². The van der Waals surface area contributed by atoms with Crippen molar-refractivity contribution in [1.82, 2.24) is 0 Å². The van der Waals surface area contributed by atoms with Gasteiger partial charge >= 0.3 is 263 Å². The normalized spacial score (nSPS) is 15.6. The summed E-state index contributed by atoms with van der Waals surface area (Å²) in [5, 5.41) is 0. The van der Waals surface area contributed by atoms with E-state index in [0.29, 0.717) is 7.25 Å². The molecule has 0 fully saturated rings. The molecule has 0 radical (unpaired) electrons. The molecule has 0 nitrogen and oxygen atoms in total. The van der Waals surface area contributed by atoms with Crippen LogP contribution in [0.15, 0.2) is 115 Å². The van der Waals surface area contributed by atoms with Gasteiger partial charge in [0.25, 0.3) is 0 Å². The van der Waals surface area contributed by atoms with Gasteiger partial charge in [-0.2, -0.15) is 0 Å². The molecule has 2 aliphatic rings. The van der Waals surface area contributed by atoms with Gasteiger partial charge in [-0.15, -0.1) is 0 Å². The van der Waals surface area contributed by atoms with Crippen molar-refractivity contribution in [3.8, 4) is 11.1 Å². The zero-order valence-electron chi connectivity index (χ0n) is 26.3. The van der Waals surface area contributed by atoms with Crippen LogP contribution >= 0.6 is 0 Å². The van der Waals surface area contributed by atoms with Crippen molar-refractivity contribution in [3.63, 3.8) is 0 Å². The molecule has 0 aliphatic heterocycles. The van der Waals surface area contributed by atoms with E-state index in [-0.39, 0.29) is 10.8 Å². The van der Waals surface area contributed by atoms with Crippen LogP contribution in [0.2, 0.25) is 3.63 Å². The zero-order valence-corrected chi connectivity index (χ0v) is 28.8. The van der Waals surface area contributed by atoms with Gasteiger partial charge in [-0.1, -0.05) is 0 Å². The van der Waals surface area contributed by atoms with Gasteiger partial charge in [0.2, 0.25) is 0 Å². The van der Waals surface area contributed by atoms with Crippen LogP contribution in [0.5, 0.6) is 0 Å². The molecule has 0 saturated carbocycles. The summed E-state index contributed by atoms with van der Waals surface area (Å²) < 4.78 is 2.58. The van der Waals surface area contributed by atoms with Crippen LogP contribution in [0.4, 0.5) is 0 Å². The van der Waals surface area contributed by atoms with Crippen LogP contribution in [0.1, 0.15) is 91.0 Å². The average Bonchev–Trinajstić information content (AvgIpc) is 3.62. The third-order valence-electron chi connectivity index (χ3n) is 9.17. The van der Waals surface area contributed by atoms with Gasteiger partial charge < -0.3 is 0 Å². The Labute approximate surface area is 261 Å². The van der Waals surface area contributed by atoms with E-state index >= 15 is 0 Å². The van der Waals surface area contributed by atoms with E-state index in [2.05, 4.69) is 164 Å². The number of rotatable bonds is 5. The first-order chi connectivity index (χ1) is 20.1. The van der Waals surface area contributed by atoms with E-state index in [1.807, 2.05) is 0 Å².